The largest absolute Gasteiger partial charge is 0.384 e. The minimum atomic E-state index is 0.00125. The molecule has 0 saturated carbocycles. The van der Waals surface area contributed by atoms with Gasteiger partial charge in [0.05, 0.1) is 5.69 Å². The van der Waals surface area contributed by atoms with Gasteiger partial charge in [-0.2, -0.15) is 0 Å². The first kappa shape index (κ1) is 12.0. The molecule has 2 rings (SSSR count). The summed E-state index contributed by atoms with van der Waals surface area (Å²) in [5.41, 5.74) is 6.84. The van der Waals surface area contributed by atoms with E-state index in [2.05, 4.69) is 42.2 Å². The predicted molar refractivity (Wildman–Crippen MR) is 72.3 cm³/mol. The summed E-state index contributed by atoms with van der Waals surface area (Å²) >= 11 is 1.72. The van der Waals surface area contributed by atoms with E-state index in [0.29, 0.717) is 5.82 Å². The summed E-state index contributed by atoms with van der Waals surface area (Å²) in [5.74, 6) is 1.36. The third-order valence-electron chi connectivity index (χ3n) is 2.47. The van der Waals surface area contributed by atoms with Gasteiger partial charge in [-0.25, -0.2) is 9.97 Å². The van der Waals surface area contributed by atoms with Crippen molar-refractivity contribution in [2.45, 2.75) is 32.6 Å². The Bertz CT molecular complexity index is 498. The van der Waals surface area contributed by atoms with Crippen molar-refractivity contribution < 1.29 is 0 Å². The van der Waals surface area contributed by atoms with Crippen molar-refractivity contribution >= 4 is 17.2 Å². The Labute approximate surface area is 106 Å². The van der Waals surface area contributed by atoms with E-state index in [1.807, 2.05) is 12.1 Å². The number of nitrogens with zero attached hydrogens (tertiary/aromatic N) is 2. The van der Waals surface area contributed by atoms with E-state index < -0.39 is 0 Å². The fourth-order valence-electron chi connectivity index (χ4n) is 1.55. The van der Waals surface area contributed by atoms with Crippen LogP contribution >= 0.6 is 11.3 Å². The van der Waals surface area contributed by atoms with Crippen LogP contribution in [0.3, 0.4) is 0 Å². The maximum atomic E-state index is 5.84. The highest BCUT2D eigenvalue weighted by Crippen LogP contribution is 2.22. The number of hydrogen-bond acceptors (Lipinski definition) is 4. The Balaban J connectivity index is 2.32. The molecule has 0 aromatic carbocycles. The summed E-state index contributed by atoms with van der Waals surface area (Å²) in [4.78, 5) is 10.2. The minimum Gasteiger partial charge on any atom is -0.384 e. The van der Waals surface area contributed by atoms with Crippen LogP contribution in [0, 0.1) is 0 Å². The zero-order valence-corrected chi connectivity index (χ0v) is 11.2. The first-order valence-electron chi connectivity index (χ1n) is 5.61. The number of rotatable bonds is 2. The zero-order chi connectivity index (χ0) is 12.5. The van der Waals surface area contributed by atoms with E-state index in [1.54, 1.807) is 11.3 Å². The lowest BCUT2D eigenvalue weighted by atomic mass is 9.92. The van der Waals surface area contributed by atoms with Crippen molar-refractivity contribution in [3.05, 3.63) is 40.0 Å². The summed E-state index contributed by atoms with van der Waals surface area (Å²) in [7, 11) is 0. The van der Waals surface area contributed by atoms with Gasteiger partial charge < -0.3 is 5.73 Å². The van der Waals surface area contributed by atoms with Crippen LogP contribution in [0.25, 0.3) is 0 Å². The summed E-state index contributed by atoms with van der Waals surface area (Å²) in [5, 5.41) is 2.06. The molecule has 0 fully saturated rings. The van der Waals surface area contributed by atoms with Crippen LogP contribution in [-0.4, -0.2) is 9.97 Å². The molecule has 2 aromatic heterocycles. The summed E-state index contributed by atoms with van der Waals surface area (Å²) < 4.78 is 0. The summed E-state index contributed by atoms with van der Waals surface area (Å²) in [6, 6.07) is 5.99. The molecule has 0 radical (unpaired) electrons. The second kappa shape index (κ2) is 4.45. The van der Waals surface area contributed by atoms with Gasteiger partial charge in [0.25, 0.3) is 0 Å². The van der Waals surface area contributed by atoms with Crippen molar-refractivity contribution in [1.29, 1.82) is 0 Å². The third kappa shape index (κ3) is 3.03. The Hall–Kier alpha value is -1.42. The molecule has 0 spiro atoms. The Morgan fingerprint density at radius 1 is 1.29 bits per heavy atom. The topological polar surface area (TPSA) is 51.8 Å². The number of nitrogen functional groups attached to an aromatic ring is 1. The van der Waals surface area contributed by atoms with E-state index in [0.717, 1.165) is 17.9 Å². The number of hydrogen-bond donors (Lipinski definition) is 1. The van der Waals surface area contributed by atoms with Crippen LogP contribution in [0.5, 0.6) is 0 Å². The molecule has 0 amide bonds. The van der Waals surface area contributed by atoms with Gasteiger partial charge in [-0.1, -0.05) is 26.8 Å². The average Bonchev–Trinajstić information content (AvgIpc) is 2.68. The highest BCUT2D eigenvalue weighted by atomic mass is 32.1. The van der Waals surface area contributed by atoms with Gasteiger partial charge in [-0.15, -0.1) is 11.3 Å². The van der Waals surface area contributed by atoms with E-state index in [4.69, 9.17) is 5.73 Å². The average molecular weight is 247 g/mol. The molecule has 17 heavy (non-hydrogen) atoms. The number of thiophene rings is 1. The minimum absolute atomic E-state index is 0.00125. The standard InChI is InChI=1S/C13H17N3S/c1-13(2,3)10-8-11(14)16-12(15-10)7-9-5-4-6-17-9/h4-6,8H,7H2,1-3H3,(H2,14,15,16). The quantitative estimate of drug-likeness (QED) is 0.887. The number of nitrogens with two attached hydrogens (primary N) is 1. The van der Waals surface area contributed by atoms with Gasteiger partial charge in [0, 0.05) is 22.8 Å². The first-order chi connectivity index (χ1) is 7.95. The number of anilines is 1. The lowest BCUT2D eigenvalue weighted by Crippen LogP contribution is -2.16. The second-order valence-corrected chi connectivity index (χ2v) is 6.13. The van der Waals surface area contributed by atoms with E-state index in [-0.39, 0.29) is 5.41 Å². The van der Waals surface area contributed by atoms with Crippen LogP contribution in [-0.2, 0) is 11.8 Å². The summed E-state index contributed by atoms with van der Waals surface area (Å²) in [6.45, 7) is 6.39. The lowest BCUT2D eigenvalue weighted by molar-refractivity contribution is 0.563. The van der Waals surface area contributed by atoms with Crippen molar-refractivity contribution in [1.82, 2.24) is 9.97 Å². The van der Waals surface area contributed by atoms with Gasteiger partial charge in [-0.05, 0) is 11.4 Å². The van der Waals surface area contributed by atoms with Crippen molar-refractivity contribution in [3.8, 4) is 0 Å². The Morgan fingerprint density at radius 2 is 2.06 bits per heavy atom. The van der Waals surface area contributed by atoms with Gasteiger partial charge in [0.15, 0.2) is 0 Å². The van der Waals surface area contributed by atoms with Gasteiger partial charge >= 0.3 is 0 Å². The van der Waals surface area contributed by atoms with E-state index >= 15 is 0 Å². The van der Waals surface area contributed by atoms with Crippen molar-refractivity contribution in [2.75, 3.05) is 5.73 Å². The highest BCUT2D eigenvalue weighted by Gasteiger charge is 2.17. The first-order valence-corrected chi connectivity index (χ1v) is 6.49. The Morgan fingerprint density at radius 3 is 2.65 bits per heavy atom. The zero-order valence-electron chi connectivity index (χ0n) is 10.4. The maximum Gasteiger partial charge on any atom is 0.136 e. The van der Waals surface area contributed by atoms with Gasteiger partial charge in [0.2, 0.25) is 0 Å². The monoisotopic (exact) mass is 247 g/mol. The smallest absolute Gasteiger partial charge is 0.136 e. The van der Waals surface area contributed by atoms with Crippen molar-refractivity contribution in [2.24, 2.45) is 0 Å². The Kier molecular flexibility index (Phi) is 3.15. The van der Waals surface area contributed by atoms with Crippen LogP contribution in [0.2, 0.25) is 0 Å². The second-order valence-electron chi connectivity index (χ2n) is 5.10. The van der Waals surface area contributed by atoms with Crippen LogP contribution < -0.4 is 5.73 Å². The molecule has 2 aromatic rings. The molecule has 0 atom stereocenters. The molecule has 0 unspecified atom stereocenters. The normalized spacial score (nSPS) is 11.7. The molecular formula is C13H17N3S. The fraction of sp³-hybridized carbons (Fsp3) is 0.385. The molecule has 0 bridgehead atoms. The molecule has 0 aliphatic heterocycles. The van der Waals surface area contributed by atoms with E-state index in [9.17, 15) is 0 Å². The van der Waals surface area contributed by atoms with Crippen LogP contribution in [0.1, 0.15) is 37.2 Å². The molecule has 4 heteroatoms. The van der Waals surface area contributed by atoms with Crippen molar-refractivity contribution in [3.63, 3.8) is 0 Å². The molecule has 2 heterocycles. The third-order valence-corrected chi connectivity index (χ3v) is 3.35. The molecule has 0 saturated heterocycles. The molecule has 90 valence electrons. The molecule has 0 aliphatic carbocycles. The van der Waals surface area contributed by atoms with Crippen LogP contribution in [0.15, 0.2) is 23.6 Å². The molecule has 2 N–H and O–H groups in total. The van der Waals surface area contributed by atoms with Crippen LogP contribution in [0.4, 0.5) is 5.82 Å². The predicted octanol–water partition coefficient (Wildman–Crippen LogP) is 3.01. The highest BCUT2D eigenvalue weighted by molar-refractivity contribution is 7.09. The lowest BCUT2D eigenvalue weighted by Gasteiger charge is -2.18. The molecular weight excluding hydrogens is 230 g/mol. The summed E-state index contributed by atoms with van der Waals surface area (Å²) in [6.07, 6.45) is 0.756. The van der Waals surface area contributed by atoms with Gasteiger partial charge in [0.1, 0.15) is 11.6 Å². The van der Waals surface area contributed by atoms with Gasteiger partial charge in [-0.3, -0.25) is 0 Å². The van der Waals surface area contributed by atoms with E-state index in [1.165, 1.54) is 4.88 Å². The molecule has 0 aliphatic rings. The maximum absolute atomic E-state index is 5.84. The fourth-order valence-corrected chi connectivity index (χ4v) is 2.25. The number of aromatic nitrogens is 2. The SMILES string of the molecule is CC(C)(C)c1cc(N)nc(Cc2cccs2)n1. The molecule has 3 nitrogen and oxygen atoms in total.